The van der Waals surface area contributed by atoms with E-state index in [1.165, 1.54) is 68.8 Å². The average Bonchev–Trinajstić information content (AvgIpc) is 3.61. The molecule has 0 atom stereocenters. The Morgan fingerprint density at radius 3 is 1.19 bits per heavy atom. The molecule has 0 bridgehead atoms. The van der Waals surface area contributed by atoms with Crippen LogP contribution in [0.25, 0.3) is 54.1 Å². The maximum Gasteiger partial charge on any atom is 0.152 e. The van der Waals surface area contributed by atoms with Crippen LogP contribution >= 0.6 is 0 Å². The van der Waals surface area contributed by atoms with Crippen molar-refractivity contribution < 1.29 is 9.59 Å². The molecule has 0 saturated heterocycles. The van der Waals surface area contributed by atoms with Crippen molar-refractivity contribution in [1.82, 2.24) is 9.13 Å². The molecule has 216 valence electrons. The number of hydrogen-bond acceptors (Lipinski definition) is 2. The van der Waals surface area contributed by atoms with Crippen LogP contribution in [0.15, 0.2) is 73.1 Å². The van der Waals surface area contributed by atoms with Gasteiger partial charge in [0.25, 0.3) is 0 Å². The van der Waals surface area contributed by atoms with Crippen molar-refractivity contribution in [3.63, 3.8) is 0 Å². The van der Waals surface area contributed by atoms with E-state index in [4.69, 9.17) is 0 Å². The molecule has 42 heavy (non-hydrogen) atoms. The van der Waals surface area contributed by atoms with E-state index in [-0.39, 0.29) is 0 Å². The molecule has 0 fully saturated rings. The van der Waals surface area contributed by atoms with Gasteiger partial charge in [-0.1, -0.05) is 88.8 Å². The van der Waals surface area contributed by atoms with E-state index < -0.39 is 0 Å². The average molecular weight is 559 g/mol. The molecule has 2 aromatic heterocycles. The summed E-state index contributed by atoms with van der Waals surface area (Å²) in [5.74, 6) is 0.621. The van der Waals surface area contributed by atoms with Crippen molar-refractivity contribution in [3.8, 4) is 0 Å². The molecule has 0 amide bonds. The quantitative estimate of drug-likeness (QED) is 0.0986. The highest BCUT2D eigenvalue weighted by Gasteiger charge is 2.14. The Hall–Kier alpha value is -3.92. The molecule has 0 saturated carbocycles. The molecule has 6 rings (SSSR count). The number of ketones is 2. The van der Waals surface area contributed by atoms with Gasteiger partial charge >= 0.3 is 0 Å². The maximum atomic E-state index is 12.7. The van der Waals surface area contributed by atoms with Crippen LogP contribution in [-0.2, 0) is 22.7 Å². The monoisotopic (exact) mass is 558 g/mol. The van der Waals surface area contributed by atoms with Crippen LogP contribution in [0.2, 0.25) is 0 Å². The lowest BCUT2D eigenvalue weighted by atomic mass is 9.94. The van der Waals surface area contributed by atoms with Gasteiger partial charge < -0.3 is 9.13 Å². The third-order valence-electron chi connectivity index (χ3n) is 9.01. The largest absolute Gasteiger partial charge is 0.340 e. The summed E-state index contributed by atoms with van der Waals surface area (Å²) in [5.41, 5.74) is 2.24. The molecule has 0 aliphatic rings. The standard InChI is InChI=1S/C38H42N2O2/c1-3-5-7-9-11-27(41)25-39-23-21-35-33-15-13-30-29(31(33)17-19-37(35)39)14-16-34-32(30)18-20-38-36(34)22-24-40(38)26-28(42)12-10-8-6-4-2/h13-24H,3-12,25-26H2,1-2H3. The van der Waals surface area contributed by atoms with Gasteiger partial charge in [0, 0.05) is 47.0 Å². The predicted octanol–water partition coefficient (Wildman–Crippen LogP) is 10.1. The van der Waals surface area contributed by atoms with Crippen LogP contribution in [0, 0.1) is 0 Å². The third-order valence-corrected chi connectivity index (χ3v) is 9.01. The van der Waals surface area contributed by atoms with Crippen molar-refractivity contribution in [1.29, 1.82) is 0 Å². The highest BCUT2D eigenvalue weighted by atomic mass is 16.1. The van der Waals surface area contributed by atoms with Gasteiger partial charge in [-0.15, -0.1) is 0 Å². The maximum absolute atomic E-state index is 12.7. The van der Waals surface area contributed by atoms with Gasteiger partial charge in [-0.25, -0.2) is 0 Å². The molecule has 4 nitrogen and oxygen atoms in total. The Labute approximate surface area is 248 Å². The minimum Gasteiger partial charge on any atom is -0.340 e. The molecule has 0 N–H and O–H groups in total. The number of aromatic nitrogens is 2. The van der Waals surface area contributed by atoms with Crippen molar-refractivity contribution in [2.45, 2.75) is 91.1 Å². The second-order valence-corrected chi connectivity index (χ2v) is 12.0. The minimum atomic E-state index is 0.310. The highest BCUT2D eigenvalue weighted by molar-refractivity contribution is 6.24. The number of nitrogens with zero attached hydrogens (tertiary/aromatic N) is 2. The fourth-order valence-corrected chi connectivity index (χ4v) is 6.71. The summed E-state index contributed by atoms with van der Waals surface area (Å²) in [6.07, 6.45) is 14.5. The lowest BCUT2D eigenvalue weighted by molar-refractivity contribution is -0.120. The van der Waals surface area contributed by atoms with Crippen LogP contribution < -0.4 is 0 Å². The van der Waals surface area contributed by atoms with Crippen molar-refractivity contribution in [2.75, 3.05) is 0 Å². The summed E-state index contributed by atoms with van der Waals surface area (Å²) >= 11 is 0. The molecule has 0 aliphatic carbocycles. The van der Waals surface area contributed by atoms with Crippen LogP contribution in [0.3, 0.4) is 0 Å². The fraction of sp³-hybridized carbons (Fsp3) is 0.368. The van der Waals surface area contributed by atoms with Crippen molar-refractivity contribution in [3.05, 3.63) is 73.1 Å². The SMILES string of the molecule is CCCCCCC(=O)Cn1ccc2c3ccc4c(ccc5c4ccc4c5ccn4CC(=O)CCCCCC)c3ccc21. The van der Waals surface area contributed by atoms with Crippen molar-refractivity contribution in [2.24, 2.45) is 0 Å². The first-order valence-corrected chi connectivity index (χ1v) is 16.0. The van der Waals surface area contributed by atoms with Crippen LogP contribution in [0.1, 0.15) is 78.1 Å². The Morgan fingerprint density at radius 2 is 0.810 bits per heavy atom. The molecular weight excluding hydrogens is 516 g/mol. The van der Waals surface area contributed by atoms with Gasteiger partial charge in [-0.3, -0.25) is 9.59 Å². The zero-order valence-electron chi connectivity index (χ0n) is 25.1. The molecule has 6 aromatic rings. The van der Waals surface area contributed by atoms with Gasteiger partial charge in [0.1, 0.15) is 0 Å². The molecule has 0 unspecified atom stereocenters. The number of Topliss-reactive ketones (excluding diaryl/α,β-unsaturated/α-hetero) is 2. The zero-order chi connectivity index (χ0) is 29.1. The first kappa shape index (κ1) is 28.2. The van der Waals surface area contributed by atoms with Crippen LogP contribution in [0.4, 0.5) is 0 Å². The number of carbonyl (C=O) groups excluding carboxylic acids is 2. The van der Waals surface area contributed by atoms with E-state index in [1.54, 1.807) is 0 Å². The number of benzene rings is 4. The summed E-state index contributed by atoms with van der Waals surface area (Å²) in [5, 5.41) is 9.77. The third kappa shape index (κ3) is 5.47. The number of fused-ring (bicyclic) bond motifs is 9. The topological polar surface area (TPSA) is 44.0 Å². The second-order valence-electron chi connectivity index (χ2n) is 12.0. The summed E-state index contributed by atoms with van der Waals surface area (Å²) in [6, 6.07) is 22.1. The highest BCUT2D eigenvalue weighted by Crippen LogP contribution is 2.37. The summed E-state index contributed by atoms with van der Waals surface area (Å²) in [6.45, 7) is 5.28. The second kappa shape index (κ2) is 12.5. The van der Waals surface area contributed by atoms with E-state index in [0.29, 0.717) is 37.5 Å². The Bertz CT molecular complexity index is 1770. The van der Waals surface area contributed by atoms with E-state index in [1.807, 2.05) is 0 Å². The first-order chi connectivity index (χ1) is 20.6. The van der Waals surface area contributed by atoms with Gasteiger partial charge in [0.15, 0.2) is 11.6 Å². The zero-order valence-corrected chi connectivity index (χ0v) is 25.1. The molecule has 0 aliphatic heterocycles. The normalized spacial score (nSPS) is 12.0. The number of carbonyl (C=O) groups is 2. The molecule has 0 radical (unpaired) electrons. The molecule has 0 spiro atoms. The number of rotatable bonds is 14. The lowest BCUT2D eigenvalue weighted by Gasteiger charge is -2.11. The fourth-order valence-electron chi connectivity index (χ4n) is 6.71. The molecule has 2 heterocycles. The first-order valence-electron chi connectivity index (χ1n) is 16.0. The van der Waals surface area contributed by atoms with E-state index >= 15 is 0 Å². The van der Waals surface area contributed by atoms with Crippen molar-refractivity contribution >= 4 is 65.7 Å². The molecular formula is C38H42N2O2. The summed E-state index contributed by atoms with van der Waals surface area (Å²) in [7, 11) is 0. The minimum absolute atomic E-state index is 0.310. The smallest absolute Gasteiger partial charge is 0.152 e. The van der Waals surface area contributed by atoms with E-state index in [9.17, 15) is 9.59 Å². The van der Waals surface area contributed by atoms with Gasteiger partial charge in [0.2, 0.25) is 0 Å². The molecule has 4 heteroatoms. The predicted molar refractivity (Wildman–Crippen MR) is 177 cm³/mol. The molecule has 4 aromatic carbocycles. The van der Waals surface area contributed by atoms with Gasteiger partial charge in [-0.2, -0.15) is 0 Å². The summed E-state index contributed by atoms with van der Waals surface area (Å²) < 4.78 is 4.22. The van der Waals surface area contributed by atoms with E-state index in [0.717, 1.165) is 36.7 Å². The summed E-state index contributed by atoms with van der Waals surface area (Å²) in [4.78, 5) is 25.3. The van der Waals surface area contributed by atoms with Crippen LogP contribution in [-0.4, -0.2) is 20.7 Å². The number of unbranched alkanes of at least 4 members (excludes halogenated alkanes) is 6. The Kier molecular flexibility index (Phi) is 8.41. The van der Waals surface area contributed by atoms with E-state index in [2.05, 4.69) is 96.0 Å². The van der Waals surface area contributed by atoms with Gasteiger partial charge in [0.05, 0.1) is 13.1 Å². The Balaban J connectivity index is 1.30. The van der Waals surface area contributed by atoms with Crippen LogP contribution in [0.5, 0.6) is 0 Å². The van der Waals surface area contributed by atoms with Gasteiger partial charge in [-0.05, 0) is 69.4 Å². The lowest BCUT2D eigenvalue weighted by Crippen LogP contribution is -2.08. The number of hydrogen-bond donors (Lipinski definition) is 0. The Morgan fingerprint density at radius 1 is 0.452 bits per heavy atom.